The fourth-order valence-electron chi connectivity index (χ4n) is 2.47. The number of rotatable bonds is 3. The molecule has 1 amide bonds. The zero-order chi connectivity index (χ0) is 14.6. The van der Waals surface area contributed by atoms with Crippen molar-refractivity contribution < 1.29 is 4.79 Å². The first kappa shape index (κ1) is 15.0. The smallest absolute Gasteiger partial charge is 0.223 e. The molecule has 2 heterocycles. The standard InChI is InChI=1S/C16H25N3O/c1-16(2,3)11-15(20)19-9-7-18(8-10-19)13-14-5-4-6-17-12-14/h4-6,12H,7-11,13H2,1-3H3. The molecule has 4 nitrogen and oxygen atoms in total. The molecular formula is C16H25N3O. The summed E-state index contributed by atoms with van der Waals surface area (Å²) in [5, 5.41) is 0. The van der Waals surface area contributed by atoms with Gasteiger partial charge in [0, 0.05) is 51.5 Å². The van der Waals surface area contributed by atoms with Crippen LogP contribution in [0.1, 0.15) is 32.8 Å². The summed E-state index contributed by atoms with van der Waals surface area (Å²) >= 11 is 0. The summed E-state index contributed by atoms with van der Waals surface area (Å²) in [5.41, 5.74) is 1.31. The van der Waals surface area contributed by atoms with Gasteiger partial charge < -0.3 is 4.90 Å². The molecule has 1 aromatic heterocycles. The van der Waals surface area contributed by atoms with Crippen LogP contribution < -0.4 is 0 Å². The van der Waals surface area contributed by atoms with Gasteiger partial charge in [0.15, 0.2) is 0 Å². The van der Waals surface area contributed by atoms with E-state index in [0.717, 1.165) is 32.7 Å². The van der Waals surface area contributed by atoms with Gasteiger partial charge >= 0.3 is 0 Å². The van der Waals surface area contributed by atoms with Gasteiger partial charge in [0.25, 0.3) is 0 Å². The zero-order valence-electron chi connectivity index (χ0n) is 12.8. The summed E-state index contributed by atoms with van der Waals surface area (Å²) in [6.45, 7) is 10.9. The third-order valence-corrected chi connectivity index (χ3v) is 3.54. The normalized spacial score (nSPS) is 17.2. The van der Waals surface area contributed by atoms with E-state index < -0.39 is 0 Å². The summed E-state index contributed by atoms with van der Waals surface area (Å²) in [7, 11) is 0. The number of hydrogen-bond acceptors (Lipinski definition) is 3. The highest BCUT2D eigenvalue weighted by Gasteiger charge is 2.24. The van der Waals surface area contributed by atoms with E-state index in [0.29, 0.717) is 12.3 Å². The lowest BCUT2D eigenvalue weighted by molar-refractivity contribution is -0.134. The Morgan fingerprint density at radius 2 is 1.95 bits per heavy atom. The van der Waals surface area contributed by atoms with Crippen LogP contribution in [0.25, 0.3) is 0 Å². The molecule has 2 rings (SSSR count). The maximum absolute atomic E-state index is 12.2. The van der Waals surface area contributed by atoms with Crippen molar-refractivity contribution in [3.8, 4) is 0 Å². The number of pyridine rings is 1. The zero-order valence-corrected chi connectivity index (χ0v) is 12.8. The monoisotopic (exact) mass is 275 g/mol. The minimum absolute atomic E-state index is 0.0733. The van der Waals surface area contributed by atoms with Gasteiger partial charge in [0.1, 0.15) is 0 Å². The SMILES string of the molecule is CC(C)(C)CC(=O)N1CCN(Cc2cccnc2)CC1. The lowest BCUT2D eigenvalue weighted by atomic mass is 9.91. The van der Waals surface area contributed by atoms with Crippen LogP contribution >= 0.6 is 0 Å². The molecule has 0 radical (unpaired) electrons. The number of carbonyl (C=O) groups excluding carboxylic acids is 1. The van der Waals surface area contributed by atoms with Crippen molar-refractivity contribution in [2.45, 2.75) is 33.7 Å². The van der Waals surface area contributed by atoms with Crippen LogP contribution in [-0.2, 0) is 11.3 Å². The van der Waals surface area contributed by atoms with E-state index in [1.54, 1.807) is 6.20 Å². The van der Waals surface area contributed by atoms with Gasteiger partial charge in [-0.2, -0.15) is 0 Å². The van der Waals surface area contributed by atoms with Crippen LogP contribution in [0.5, 0.6) is 0 Å². The number of piperazine rings is 1. The molecular weight excluding hydrogens is 250 g/mol. The average Bonchev–Trinajstić information content (AvgIpc) is 2.39. The van der Waals surface area contributed by atoms with Crippen LogP contribution in [0, 0.1) is 5.41 Å². The second-order valence-electron chi connectivity index (χ2n) is 6.76. The quantitative estimate of drug-likeness (QED) is 0.848. The molecule has 0 saturated carbocycles. The van der Waals surface area contributed by atoms with Gasteiger partial charge in [-0.15, -0.1) is 0 Å². The average molecular weight is 275 g/mol. The van der Waals surface area contributed by atoms with Crippen LogP contribution in [0.3, 0.4) is 0 Å². The summed E-state index contributed by atoms with van der Waals surface area (Å²) in [6.07, 6.45) is 4.35. The number of aromatic nitrogens is 1. The second kappa shape index (κ2) is 6.35. The summed E-state index contributed by atoms with van der Waals surface area (Å²) in [5.74, 6) is 0.290. The number of carbonyl (C=O) groups is 1. The van der Waals surface area contributed by atoms with Crippen LogP contribution in [0.2, 0.25) is 0 Å². The molecule has 1 aliphatic rings. The molecule has 0 N–H and O–H groups in total. The third-order valence-electron chi connectivity index (χ3n) is 3.54. The largest absolute Gasteiger partial charge is 0.340 e. The Hall–Kier alpha value is -1.42. The summed E-state index contributed by atoms with van der Waals surface area (Å²) < 4.78 is 0. The maximum atomic E-state index is 12.2. The van der Waals surface area contributed by atoms with E-state index in [1.807, 2.05) is 17.2 Å². The van der Waals surface area contributed by atoms with Crippen LogP contribution in [-0.4, -0.2) is 46.9 Å². The first-order valence-corrected chi connectivity index (χ1v) is 7.33. The molecule has 20 heavy (non-hydrogen) atoms. The van der Waals surface area contributed by atoms with Crippen molar-refractivity contribution in [1.82, 2.24) is 14.8 Å². The highest BCUT2D eigenvalue weighted by molar-refractivity contribution is 5.76. The topological polar surface area (TPSA) is 36.4 Å². The van der Waals surface area contributed by atoms with Gasteiger partial charge in [-0.25, -0.2) is 0 Å². The van der Waals surface area contributed by atoms with Crippen molar-refractivity contribution in [2.24, 2.45) is 5.41 Å². The number of nitrogens with zero attached hydrogens (tertiary/aromatic N) is 3. The number of amides is 1. The van der Waals surface area contributed by atoms with E-state index >= 15 is 0 Å². The van der Waals surface area contributed by atoms with E-state index in [-0.39, 0.29) is 5.41 Å². The van der Waals surface area contributed by atoms with Gasteiger partial charge in [-0.3, -0.25) is 14.7 Å². The Balaban J connectivity index is 1.79. The first-order valence-electron chi connectivity index (χ1n) is 7.33. The van der Waals surface area contributed by atoms with E-state index in [1.165, 1.54) is 5.56 Å². The maximum Gasteiger partial charge on any atom is 0.223 e. The fourth-order valence-corrected chi connectivity index (χ4v) is 2.47. The van der Waals surface area contributed by atoms with Crippen LogP contribution in [0.15, 0.2) is 24.5 Å². The van der Waals surface area contributed by atoms with Crippen molar-refractivity contribution in [3.63, 3.8) is 0 Å². The van der Waals surface area contributed by atoms with Crippen molar-refractivity contribution in [2.75, 3.05) is 26.2 Å². The molecule has 0 aliphatic carbocycles. The van der Waals surface area contributed by atoms with Gasteiger partial charge in [0.2, 0.25) is 5.91 Å². The van der Waals surface area contributed by atoms with Crippen molar-refractivity contribution in [1.29, 1.82) is 0 Å². The first-order chi connectivity index (χ1) is 9.44. The van der Waals surface area contributed by atoms with Gasteiger partial charge in [-0.05, 0) is 17.0 Å². The van der Waals surface area contributed by atoms with Crippen molar-refractivity contribution in [3.05, 3.63) is 30.1 Å². The van der Waals surface area contributed by atoms with Crippen LogP contribution in [0.4, 0.5) is 0 Å². The summed E-state index contributed by atoms with van der Waals surface area (Å²) in [4.78, 5) is 20.7. The molecule has 0 bridgehead atoms. The molecule has 1 aliphatic heterocycles. The lowest BCUT2D eigenvalue weighted by Crippen LogP contribution is -2.48. The Morgan fingerprint density at radius 3 is 2.50 bits per heavy atom. The molecule has 0 atom stereocenters. The Labute approximate surface area is 121 Å². The molecule has 0 aromatic carbocycles. The predicted octanol–water partition coefficient (Wildman–Crippen LogP) is 2.16. The molecule has 1 saturated heterocycles. The Morgan fingerprint density at radius 1 is 1.25 bits per heavy atom. The lowest BCUT2D eigenvalue weighted by Gasteiger charge is -2.36. The third kappa shape index (κ3) is 4.60. The van der Waals surface area contributed by atoms with Gasteiger partial charge in [-0.1, -0.05) is 26.8 Å². The molecule has 110 valence electrons. The molecule has 4 heteroatoms. The van der Waals surface area contributed by atoms with Gasteiger partial charge in [0.05, 0.1) is 0 Å². The molecule has 1 fully saturated rings. The molecule has 1 aromatic rings. The predicted molar refractivity (Wildman–Crippen MR) is 80.2 cm³/mol. The number of hydrogen-bond donors (Lipinski definition) is 0. The van der Waals surface area contributed by atoms with E-state index in [9.17, 15) is 4.79 Å². The van der Waals surface area contributed by atoms with Crippen molar-refractivity contribution >= 4 is 5.91 Å². The minimum atomic E-state index is 0.0733. The second-order valence-corrected chi connectivity index (χ2v) is 6.76. The minimum Gasteiger partial charge on any atom is -0.340 e. The Bertz CT molecular complexity index is 431. The summed E-state index contributed by atoms with van der Waals surface area (Å²) in [6, 6.07) is 4.07. The fraction of sp³-hybridized carbons (Fsp3) is 0.625. The van der Waals surface area contributed by atoms with E-state index in [2.05, 4.69) is 36.7 Å². The molecule has 0 unspecified atom stereocenters. The molecule has 0 spiro atoms. The van der Waals surface area contributed by atoms with E-state index in [4.69, 9.17) is 0 Å². The highest BCUT2D eigenvalue weighted by Crippen LogP contribution is 2.20. The Kier molecular flexibility index (Phi) is 4.76. The highest BCUT2D eigenvalue weighted by atomic mass is 16.2.